The Hall–Kier alpha value is -2.56. The quantitative estimate of drug-likeness (QED) is 0.814. The van der Waals surface area contributed by atoms with Gasteiger partial charge in [-0.1, -0.05) is 6.58 Å². The van der Waals surface area contributed by atoms with Crippen molar-refractivity contribution in [1.29, 1.82) is 0 Å². The molecule has 5 heteroatoms. The Balaban J connectivity index is 2.01. The van der Waals surface area contributed by atoms with Crippen molar-refractivity contribution >= 4 is 12.1 Å². The van der Waals surface area contributed by atoms with Gasteiger partial charge in [-0.2, -0.15) is 0 Å². The lowest BCUT2D eigenvalue weighted by Gasteiger charge is -2.31. The minimum atomic E-state index is 0.514. The molecular formula is C14H13N3O2. The van der Waals surface area contributed by atoms with Gasteiger partial charge in [-0.25, -0.2) is 4.98 Å². The zero-order valence-corrected chi connectivity index (χ0v) is 10.3. The number of dihydropyridines is 1. The van der Waals surface area contributed by atoms with Crippen LogP contribution in [0, 0.1) is 0 Å². The Morgan fingerprint density at radius 2 is 2.42 bits per heavy atom. The lowest BCUT2D eigenvalue weighted by Crippen LogP contribution is -2.33. The lowest BCUT2D eigenvalue weighted by molar-refractivity contribution is 0.112. The second-order valence-corrected chi connectivity index (χ2v) is 4.28. The van der Waals surface area contributed by atoms with Crippen molar-refractivity contribution in [2.75, 3.05) is 18.1 Å². The first-order valence-electron chi connectivity index (χ1n) is 5.97. The van der Waals surface area contributed by atoms with Gasteiger partial charge in [0.25, 0.3) is 0 Å². The van der Waals surface area contributed by atoms with E-state index in [1.54, 1.807) is 12.3 Å². The number of nitrogens with zero attached hydrogens (tertiary/aromatic N) is 2. The molecule has 3 rings (SSSR count). The van der Waals surface area contributed by atoms with Gasteiger partial charge in [0.15, 0.2) is 17.9 Å². The minimum absolute atomic E-state index is 0.514. The van der Waals surface area contributed by atoms with Gasteiger partial charge in [0, 0.05) is 29.4 Å². The summed E-state index contributed by atoms with van der Waals surface area (Å²) in [5.74, 6) is 1.36. The number of ether oxygens (including phenoxy) is 1. The summed E-state index contributed by atoms with van der Waals surface area (Å²) in [6, 6.07) is 1.71. The van der Waals surface area contributed by atoms with Crippen LogP contribution in [-0.4, -0.2) is 24.4 Å². The van der Waals surface area contributed by atoms with Crippen molar-refractivity contribution < 1.29 is 9.53 Å². The summed E-state index contributed by atoms with van der Waals surface area (Å²) < 4.78 is 5.56. The van der Waals surface area contributed by atoms with Gasteiger partial charge in [-0.3, -0.25) is 4.79 Å². The lowest BCUT2D eigenvalue weighted by atomic mass is 10.2. The first kappa shape index (κ1) is 11.5. The van der Waals surface area contributed by atoms with Gasteiger partial charge in [-0.05, 0) is 18.2 Å². The highest BCUT2D eigenvalue weighted by Crippen LogP contribution is 2.32. The molecule has 0 bridgehead atoms. The predicted octanol–water partition coefficient (Wildman–Crippen LogP) is 1.61. The molecule has 1 N–H and O–H groups in total. The van der Waals surface area contributed by atoms with Crippen LogP contribution in [0.1, 0.15) is 10.4 Å². The third-order valence-corrected chi connectivity index (χ3v) is 2.97. The van der Waals surface area contributed by atoms with Crippen molar-refractivity contribution in [3.05, 3.63) is 54.2 Å². The summed E-state index contributed by atoms with van der Waals surface area (Å²) in [7, 11) is 0. The summed E-state index contributed by atoms with van der Waals surface area (Å²) in [6.07, 6.45) is 8.06. The molecule has 0 fully saturated rings. The number of rotatable bonds is 2. The largest absolute Gasteiger partial charge is 0.488 e. The summed E-state index contributed by atoms with van der Waals surface area (Å²) in [4.78, 5) is 17.1. The van der Waals surface area contributed by atoms with Gasteiger partial charge in [0.1, 0.15) is 6.61 Å². The highest BCUT2D eigenvalue weighted by Gasteiger charge is 2.22. The smallest absolute Gasteiger partial charge is 0.176 e. The number of allylic oxidation sites excluding steroid dienone is 2. The van der Waals surface area contributed by atoms with E-state index >= 15 is 0 Å². The summed E-state index contributed by atoms with van der Waals surface area (Å²) in [6.45, 7) is 5.15. The average Bonchev–Trinajstić information content (AvgIpc) is 2.46. The maximum Gasteiger partial charge on any atom is 0.176 e. The minimum Gasteiger partial charge on any atom is -0.488 e. The van der Waals surface area contributed by atoms with Crippen molar-refractivity contribution in [2.24, 2.45) is 0 Å². The molecule has 19 heavy (non-hydrogen) atoms. The third kappa shape index (κ3) is 2.10. The fraction of sp³-hybridized carbons (Fsp3) is 0.143. The zero-order valence-electron chi connectivity index (χ0n) is 10.3. The second-order valence-electron chi connectivity index (χ2n) is 4.28. The van der Waals surface area contributed by atoms with E-state index in [9.17, 15) is 4.79 Å². The standard InChI is InChI=1S/C14H13N3O2/c1-10-6-12(2-3-15-10)17-4-5-19-13-7-11(9-18)8-16-14(13)17/h2-3,6-9,15H,1,4-5H2. The van der Waals surface area contributed by atoms with Gasteiger partial charge in [0.2, 0.25) is 0 Å². The van der Waals surface area contributed by atoms with Crippen LogP contribution in [0.2, 0.25) is 0 Å². The molecule has 0 spiro atoms. The van der Waals surface area contributed by atoms with Gasteiger partial charge >= 0.3 is 0 Å². The van der Waals surface area contributed by atoms with E-state index < -0.39 is 0 Å². The Kier molecular flexibility index (Phi) is 2.79. The molecule has 1 aromatic heterocycles. The van der Waals surface area contributed by atoms with Gasteiger partial charge in [0.05, 0.1) is 6.54 Å². The first-order chi connectivity index (χ1) is 9.28. The molecule has 0 saturated heterocycles. The molecule has 5 nitrogen and oxygen atoms in total. The first-order valence-corrected chi connectivity index (χ1v) is 5.97. The molecule has 0 atom stereocenters. The number of carbonyl (C=O) groups is 1. The normalized spacial score (nSPS) is 17.2. The molecule has 3 heterocycles. The number of pyridine rings is 1. The van der Waals surface area contributed by atoms with Crippen molar-refractivity contribution in [3.63, 3.8) is 0 Å². The van der Waals surface area contributed by atoms with E-state index in [0.29, 0.717) is 24.5 Å². The molecule has 1 aromatic rings. The van der Waals surface area contributed by atoms with Crippen LogP contribution in [0.5, 0.6) is 5.75 Å². The Morgan fingerprint density at radius 3 is 3.21 bits per heavy atom. The molecular weight excluding hydrogens is 242 g/mol. The topological polar surface area (TPSA) is 54.5 Å². The molecule has 0 saturated carbocycles. The van der Waals surface area contributed by atoms with Crippen LogP contribution in [0.15, 0.2) is 48.6 Å². The highest BCUT2D eigenvalue weighted by molar-refractivity contribution is 5.77. The Bertz CT molecular complexity index is 605. The molecule has 0 amide bonds. The molecule has 0 aliphatic carbocycles. The number of fused-ring (bicyclic) bond motifs is 1. The Labute approximate surface area is 110 Å². The molecule has 0 radical (unpaired) electrons. The van der Waals surface area contributed by atoms with Crippen molar-refractivity contribution in [3.8, 4) is 5.75 Å². The van der Waals surface area contributed by atoms with Crippen LogP contribution in [-0.2, 0) is 0 Å². The van der Waals surface area contributed by atoms with E-state index in [2.05, 4.69) is 21.8 Å². The second kappa shape index (κ2) is 4.61. The van der Waals surface area contributed by atoms with Crippen LogP contribution in [0.3, 0.4) is 0 Å². The van der Waals surface area contributed by atoms with Gasteiger partial charge in [-0.15, -0.1) is 0 Å². The Morgan fingerprint density at radius 1 is 1.53 bits per heavy atom. The predicted molar refractivity (Wildman–Crippen MR) is 72.0 cm³/mol. The van der Waals surface area contributed by atoms with Crippen LogP contribution in [0.4, 0.5) is 5.82 Å². The van der Waals surface area contributed by atoms with Gasteiger partial charge < -0.3 is 15.0 Å². The fourth-order valence-corrected chi connectivity index (χ4v) is 2.10. The molecule has 2 aliphatic heterocycles. The number of carbonyl (C=O) groups excluding carboxylic acids is 1. The third-order valence-electron chi connectivity index (χ3n) is 2.97. The highest BCUT2D eigenvalue weighted by atomic mass is 16.5. The van der Waals surface area contributed by atoms with E-state index in [-0.39, 0.29) is 0 Å². The maximum absolute atomic E-state index is 10.8. The van der Waals surface area contributed by atoms with E-state index in [4.69, 9.17) is 4.74 Å². The summed E-state index contributed by atoms with van der Waals surface area (Å²) in [5, 5.41) is 3.02. The monoisotopic (exact) mass is 255 g/mol. The molecule has 96 valence electrons. The van der Waals surface area contributed by atoms with E-state index in [0.717, 1.165) is 23.5 Å². The summed E-state index contributed by atoms with van der Waals surface area (Å²) in [5.41, 5.74) is 2.34. The molecule has 0 unspecified atom stereocenters. The number of aromatic nitrogens is 1. The van der Waals surface area contributed by atoms with Crippen LogP contribution < -0.4 is 15.0 Å². The maximum atomic E-state index is 10.8. The number of hydrogen-bond donors (Lipinski definition) is 1. The molecule has 2 aliphatic rings. The summed E-state index contributed by atoms with van der Waals surface area (Å²) >= 11 is 0. The number of aldehydes is 1. The zero-order chi connectivity index (χ0) is 13.2. The van der Waals surface area contributed by atoms with Crippen LogP contribution in [0.25, 0.3) is 0 Å². The molecule has 0 aromatic carbocycles. The van der Waals surface area contributed by atoms with Crippen molar-refractivity contribution in [1.82, 2.24) is 10.3 Å². The SMILES string of the molecule is C=C1C=C(N2CCOc3cc(C=O)cnc32)C=CN1. The number of anilines is 1. The average molecular weight is 255 g/mol. The van der Waals surface area contributed by atoms with Crippen LogP contribution >= 0.6 is 0 Å². The fourth-order valence-electron chi connectivity index (χ4n) is 2.10. The van der Waals surface area contributed by atoms with Crippen molar-refractivity contribution in [2.45, 2.75) is 0 Å². The van der Waals surface area contributed by atoms with E-state index in [1.165, 1.54) is 0 Å². The number of hydrogen-bond acceptors (Lipinski definition) is 5. The number of nitrogens with one attached hydrogen (secondary N) is 1. The van der Waals surface area contributed by atoms with E-state index in [1.807, 2.05) is 18.4 Å².